The van der Waals surface area contributed by atoms with Crippen LogP contribution in [0.5, 0.6) is 0 Å². The lowest BCUT2D eigenvalue weighted by atomic mass is 10.1. The van der Waals surface area contributed by atoms with Crippen LogP contribution < -0.4 is 10.2 Å². The van der Waals surface area contributed by atoms with Crippen molar-refractivity contribution in [3.63, 3.8) is 0 Å². The number of anilines is 2. The highest BCUT2D eigenvalue weighted by Crippen LogP contribution is 2.26. The highest BCUT2D eigenvalue weighted by atomic mass is 32.2. The molecule has 146 valence electrons. The van der Waals surface area contributed by atoms with Gasteiger partial charge in [0, 0.05) is 18.8 Å². The third-order valence-corrected chi connectivity index (χ3v) is 5.59. The predicted molar refractivity (Wildman–Crippen MR) is 110 cm³/mol. The molecule has 0 aliphatic carbocycles. The number of aromatic nitrogens is 3. The Morgan fingerprint density at radius 3 is 2.64 bits per heavy atom. The molecular weight excluding hydrogens is 374 g/mol. The highest BCUT2D eigenvalue weighted by molar-refractivity contribution is 7.99. The van der Waals surface area contributed by atoms with Gasteiger partial charge in [0.25, 0.3) is 0 Å². The summed E-state index contributed by atoms with van der Waals surface area (Å²) < 4.78 is 7.57. The number of carbonyl (C=O) groups excluding carboxylic acids is 1. The van der Waals surface area contributed by atoms with Crippen LogP contribution in [0.15, 0.2) is 58.3 Å². The molecule has 8 heteroatoms. The maximum atomic E-state index is 12.3. The lowest BCUT2D eigenvalue weighted by Gasteiger charge is -2.27. The van der Waals surface area contributed by atoms with Crippen LogP contribution in [0, 0.1) is 0 Å². The third kappa shape index (κ3) is 4.56. The second kappa shape index (κ2) is 8.97. The van der Waals surface area contributed by atoms with Crippen LogP contribution >= 0.6 is 11.8 Å². The number of amides is 1. The molecule has 1 amide bonds. The van der Waals surface area contributed by atoms with Crippen LogP contribution in [0.3, 0.4) is 0 Å². The van der Waals surface area contributed by atoms with Crippen molar-refractivity contribution >= 4 is 29.3 Å². The number of carbonyl (C=O) groups is 1. The summed E-state index contributed by atoms with van der Waals surface area (Å²) in [7, 11) is 0. The van der Waals surface area contributed by atoms with Crippen molar-refractivity contribution in [1.29, 1.82) is 0 Å². The molecule has 4 rings (SSSR count). The van der Waals surface area contributed by atoms with E-state index in [1.165, 1.54) is 18.2 Å². The van der Waals surface area contributed by atoms with Gasteiger partial charge in [-0.1, -0.05) is 30.0 Å². The first kappa shape index (κ1) is 18.6. The average molecular weight is 398 g/mol. The number of benzene rings is 1. The molecule has 0 unspecified atom stereocenters. The summed E-state index contributed by atoms with van der Waals surface area (Å²) in [5.41, 5.74) is 0.791. The van der Waals surface area contributed by atoms with Crippen LogP contribution in [-0.2, 0) is 11.3 Å². The third-order valence-electron chi connectivity index (χ3n) is 4.62. The first-order chi connectivity index (χ1) is 13.8. The summed E-state index contributed by atoms with van der Waals surface area (Å²) in [6.45, 7) is 2.51. The summed E-state index contributed by atoms with van der Waals surface area (Å²) in [6, 6.07) is 13.3. The van der Waals surface area contributed by atoms with E-state index in [9.17, 15) is 4.79 Å². The Morgan fingerprint density at radius 2 is 1.89 bits per heavy atom. The van der Waals surface area contributed by atoms with Crippen molar-refractivity contribution in [2.24, 2.45) is 0 Å². The Balaban J connectivity index is 1.47. The fraction of sp³-hybridized carbons (Fsp3) is 0.350. The van der Waals surface area contributed by atoms with Crippen LogP contribution in [0.1, 0.15) is 25.0 Å². The average Bonchev–Trinajstić information content (AvgIpc) is 3.38. The zero-order valence-electron chi connectivity index (χ0n) is 15.6. The molecule has 7 nitrogen and oxygen atoms in total. The van der Waals surface area contributed by atoms with E-state index in [2.05, 4.69) is 20.4 Å². The van der Waals surface area contributed by atoms with Crippen LogP contribution in [0.4, 0.5) is 11.6 Å². The molecule has 3 heterocycles. The van der Waals surface area contributed by atoms with Gasteiger partial charge in [-0.3, -0.25) is 9.36 Å². The molecule has 1 aliphatic rings. The minimum absolute atomic E-state index is 0.0664. The Bertz CT molecular complexity index is 889. The van der Waals surface area contributed by atoms with E-state index in [1.54, 1.807) is 6.26 Å². The molecule has 1 fully saturated rings. The van der Waals surface area contributed by atoms with Gasteiger partial charge in [0.2, 0.25) is 11.9 Å². The minimum Gasteiger partial charge on any atom is -0.467 e. The fourth-order valence-electron chi connectivity index (χ4n) is 3.26. The van der Waals surface area contributed by atoms with Crippen LogP contribution in [-0.4, -0.2) is 39.5 Å². The van der Waals surface area contributed by atoms with Gasteiger partial charge in [-0.2, -0.15) is 0 Å². The van der Waals surface area contributed by atoms with Crippen molar-refractivity contribution in [1.82, 2.24) is 14.8 Å². The van der Waals surface area contributed by atoms with Gasteiger partial charge < -0.3 is 14.6 Å². The zero-order valence-corrected chi connectivity index (χ0v) is 16.4. The van der Waals surface area contributed by atoms with Gasteiger partial charge in [0.05, 0.1) is 18.6 Å². The SMILES string of the molecule is O=C(CSc1nnc(N2CCCCC2)n1Cc1ccco1)Nc1ccccc1. The fourth-order valence-corrected chi connectivity index (χ4v) is 3.99. The number of hydrogen-bond acceptors (Lipinski definition) is 6. The second-order valence-corrected chi connectivity index (χ2v) is 7.64. The molecule has 28 heavy (non-hydrogen) atoms. The van der Waals surface area contributed by atoms with Crippen molar-refractivity contribution in [2.75, 3.05) is 29.1 Å². The molecule has 2 aromatic heterocycles. The van der Waals surface area contributed by atoms with Crippen molar-refractivity contribution in [3.8, 4) is 0 Å². The number of rotatable bonds is 7. The number of piperidine rings is 1. The second-order valence-electron chi connectivity index (χ2n) is 6.70. The summed E-state index contributed by atoms with van der Waals surface area (Å²) in [6.07, 6.45) is 5.25. The maximum absolute atomic E-state index is 12.3. The molecule has 1 N–H and O–H groups in total. The van der Waals surface area contributed by atoms with Crippen LogP contribution in [0.2, 0.25) is 0 Å². The van der Waals surface area contributed by atoms with Crippen molar-refractivity contribution < 1.29 is 9.21 Å². The van der Waals surface area contributed by atoms with E-state index in [4.69, 9.17) is 4.42 Å². The minimum atomic E-state index is -0.0664. The number of nitrogens with zero attached hydrogens (tertiary/aromatic N) is 4. The first-order valence-electron chi connectivity index (χ1n) is 9.48. The van der Waals surface area contributed by atoms with Gasteiger partial charge >= 0.3 is 0 Å². The highest BCUT2D eigenvalue weighted by Gasteiger charge is 2.21. The summed E-state index contributed by atoms with van der Waals surface area (Å²) in [5.74, 6) is 1.89. The number of nitrogens with one attached hydrogen (secondary N) is 1. The van der Waals surface area contributed by atoms with Gasteiger partial charge in [-0.05, 0) is 43.5 Å². The zero-order chi connectivity index (χ0) is 19.2. The van der Waals surface area contributed by atoms with E-state index in [-0.39, 0.29) is 11.7 Å². The molecule has 0 bridgehead atoms. The molecule has 0 atom stereocenters. The van der Waals surface area contributed by atoms with Crippen molar-refractivity contribution in [3.05, 3.63) is 54.5 Å². The maximum Gasteiger partial charge on any atom is 0.234 e. The van der Waals surface area contributed by atoms with E-state index in [0.29, 0.717) is 6.54 Å². The van der Waals surface area contributed by atoms with Gasteiger partial charge in [0.15, 0.2) is 5.16 Å². The Kier molecular flexibility index (Phi) is 5.96. The monoisotopic (exact) mass is 397 g/mol. The molecular formula is C20H23N5O2S. The van der Waals surface area contributed by atoms with Gasteiger partial charge in [-0.15, -0.1) is 10.2 Å². The summed E-state index contributed by atoms with van der Waals surface area (Å²) in [4.78, 5) is 14.6. The van der Waals surface area contributed by atoms with E-state index >= 15 is 0 Å². The van der Waals surface area contributed by atoms with E-state index < -0.39 is 0 Å². The summed E-state index contributed by atoms with van der Waals surface area (Å²) in [5, 5.41) is 12.4. The number of thioether (sulfide) groups is 1. The topological polar surface area (TPSA) is 76.2 Å². The molecule has 0 radical (unpaired) electrons. The molecule has 0 saturated carbocycles. The molecule has 1 saturated heterocycles. The number of furan rings is 1. The Hall–Kier alpha value is -2.74. The van der Waals surface area contributed by atoms with E-state index in [0.717, 1.165) is 48.5 Å². The molecule has 3 aromatic rings. The molecule has 1 aliphatic heterocycles. The first-order valence-corrected chi connectivity index (χ1v) is 10.5. The smallest absolute Gasteiger partial charge is 0.234 e. The number of hydrogen-bond donors (Lipinski definition) is 1. The van der Waals surface area contributed by atoms with Crippen molar-refractivity contribution in [2.45, 2.75) is 31.0 Å². The quantitative estimate of drug-likeness (QED) is 0.614. The lowest BCUT2D eigenvalue weighted by Crippen LogP contribution is -2.32. The van der Waals surface area contributed by atoms with Gasteiger partial charge in [-0.25, -0.2) is 0 Å². The summed E-state index contributed by atoms with van der Waals surface area (Å²) >= 11 is 1.39. The van der Waals surface area contributed by atoms with Gasteiger partial charge in [0.1, 0.15) is 5.76 Å². The predicted octanol–water partition coefficient (Wildman–Crippen LogP) is 3.64. The standard InChI is InChI=1S/C20H23N5O2S/c26-18(21-16-8-3-1-4-9-16)15-28-20-23-22-19(24-11-5-2-6-12-24)25(20)14-17-10-7-13-27-17/h1,3-4,7-10,13H,2,5-6,11-12,14-15H2,(H,21,26). The molecule has 1 aromatic carbocycles. The largest absolute Gasteiger partial charge is 0.467 e. The Morgan fingerprint density at radius 1 is 1.07 bits per heavy atom. The van der Waals surface area contributed by atoms with E-state index in [1.807, 2.05) is 47.0 Å². The normalized spacial score (nSPS) is 14.2. The van der Waals surface area contributed by atoms with Crippen LogP contribution in [0.25, 0.3) is 0 Å². The lowest BCUT2D eigenvalue weighted by molar-refractivity contribution is -0.113. The Labute approximate surface area is 168 Å². The molecule has 0 spiro atoms. The number of para-hydroxylation sites is 1.